The van der Waals surface area contributed by atoms with E-state index in [1.165, 1.54) is 34.2 Å². The van der Waals surface area contributed by atoms with Crippen molar-refractivity contribution in [3.63, 3.8) is 0 Å². The smallest absolute Gasteiger partial charge is 0.0132 e. The van der Waals surface area contributed by atoms with Gasteiger partial charge in [-0.15, -0.1) is 0 Å². The summed E-state index contributed by atoms with van der Waals surface area (Å²) >= 11 is 0. The van der Waals surface area contributed by atoms with Crippen LogP contribution in [0.15, 0.2) is 42.5 Å². The second kappa shape index (κ2) is 6.75. The fourth-order valence-corrected chi connectivity index (χ4v) is 3.07. The van der Waals surface area contributed by atoms with E-state index in [-0.39, 0.29) is 10.8 Å². The Balaban J connectivity index is 2.53. The Bertz CT molecular complexity index is 675. The monoisotopic (exact) mass is 322 g/mol. The first-order chi connectivity index (χ1) is 11.0. The van der Waals surface area contributed by atoms with E-state index in [0.717, 1.165) is 0 Å². The summed E-state index contributed by atoms with van der Waals surface area (Å²) in [5, 5.41) is 0. The maximum absolute atomic E-state index is 2.43. The molecule has 0 heterocycles. The largest absolute Gasteiger partial charge is 0.0648 e. The molecule has 0 aliphatic carbocycles. The van der Waals surface area contributed by atoms with Crippen LogP contribution in [-0.2, 0) is 10.8 Å². The Hall–Kier alpha value is -1.56. The lowest BCUT2D eigenvalue weighted by molar-refractivity contribution is 0.587. The first-order valence-electron chi connectivity index (χ1n) is 9.29. The van der Waals surface area contributed by atoms with Gasteiger partial charge in [0.25, 0.3) is 0 Å². The molecule has 0 heteroatoms. The van der Waals surface area contributed by atoms with Crippen LogP contribution < -0.4 is 0 Å². The molecule has 0 fully saturated rings. The molecule has 2 aromatic rings. The predicted octanol–water partition coefficient (Wildman–Crippen LogP) is 7.46. The summed E-state index contributed by atoms with van der Waals surface area (Å²) in [7, 11) is 0. The summed E-state index contributed by atoms with van der Waals surface area (Å²) in [6.45, 7) is 18.3. The fourth-order valence-electron chi connectivity index (χ4n) is 3.07. The maximum Gasteiger partial charge on any atom is -0.0132 e. The molecule has 2 aromatic carbocycles. The molecule has 0 aromatic heterocycles. The summed E-state index contributed by atoms with van der Waals surface area (Å²) in [5.41, 5.74) is 7.41. The normalized spacial score (nSPS) is 13.8. The van der Waals surface area contributed by atoms with E-state index in [9.17, 15) is 0 Å². The Labute approximate surface area is 149 Å². The van der Waals surface area contributed by atoms with Crippen LogP contribution in [0.1, 0.15) is 84.4 Å². The lowest BCUT2D eigenvalue weighted by Gasteiger charge is -2.24. The Morgan fingerprint density at radius 3 is 1.71 bits per heavy atom. The van der Waals surface area contributed by atoms with Crippen LogP contribution in [0.2, 0.25) is 0 Å². The average Bonchev–Trinajstić information content (AvgIpc) is 2.52. The molecule has 130 valence electrons. The SMILES string of the molecule is CCC(C)c1cc(C(C)(C)C)ccc1-c1ccc(C(C)(C)C)cc1. The molecule has 0 spiro atoms. The van der Waals surface area contributed by atoms with Crippen LogP contribution in [-0.4, -0.2) is 0 Å². The van der Waals surface area contributed by atoms with Crippen LogP contribution >= 0.6 is 0 Å². The number of benzene rings is 2. The molecule has 0 N–H and O–H groups in total. The van der Waals surface area contributed by atoms with Gasteiger partial charge in [-0.2, -0.15) is 0 Å². The zero-order valence-corrected chi connectivity index (χ0v) is 16.8. The molecule has 0 radical (unpaired) electrons. The predicted molar refractivity (Wildman–Crippen MR) is 108 cm³/mol. The second-order valence-electron chi connectivity index (χ2n) is 9.19. The molecule has 24 heavy (non-hydrogen) atoms. The molecular formula is C24H34. The van der Waals surface area contributed by atoms with E-state index in [1.54, 1.807) is 0 Å². The molecule has 1 unspecified atom stereocenters. The number of hydrogen-bond donors (Lipinski definition) is 0. The van der Waals surface area contributed by atoms with Crippen molar-refractivity contribution in [2.24, 2.45) is 0 Å². The number of hydrogen-bond acceptors (Lipinski definition) is 0. The van der Waals surface area contributed by atoms with E-state index < -0.39 is 0 Å². The highest BCUT2D eigenvalue weighted by Gasteiger charge is 2.19. The van der Waals surface area contributed by atoms with Crippen molar-refractivity contribution in [1.29, 1.82) is 0 Å². The van der Waals surface area contributed by atoms with Crippen molar-refractivity contribution in [2.75, 3.05) is 0 Å². The van der Waals surface area contributed by atoms with Crippen LogP contribution in [0.25, 0.3) is 11.1 Å². The van der Waals surface area contributed by atoms with Crippen LogP contribution in [0.5, 0.6) is 0 Å². The van der Waals surface area contributed by atoms with Gasteiger partial charge in [0.15, 0.2) is 0 Å². The minimum absolute atomic E-state index is 0.191. The molecule has 2 rings (SSSR count). The lowest BCUT2D eigenvalue weighted by Crippen LogP contribution is -2.12. The highest BCUT2D eigenvalue weighted by atomic mass is 14.2. The van der Waals surface area contributed by atoms with Crippen molar-refractivity contribution in [1.82, 2.24) is 0 Å². The summed E-state index contributed by atoms with van der Waals surface area (Å²) in [6, 6.07) is 16.2. The van der Waals surface area contributed by atoms with Gasteiger partial charge in [-0.05, 0) is 51.0 Å². The Morgan fingerprint density at radius 1 is 0.750 bits per heavy atom. The molecule has 1 atom stereocenters. The zero-order valence-electron chi connectivity index (χ0n) is 16.8. The van der Waals surface area contributed by atoms with Gasteiger partial charge in [-0.1, -0.05) is 97.9 Å². The molecule has 0 aliphatic heterocycles. The average molecular weight is 323 g/mol. The van der Waals surface area contributed by atoms with Gasteiger partial charge < -0.3 is 0 Å². The third-order valence-electron chi connectivity index (χ3n) is 5.12. The first-order valence-corrected chi connectivity index (χ1v) is 9.29. The second-order valence-corrected chi connectivity index (χ2v) is 9.19. The van der Waals surface area contributed by atoms with Gasteiger partial charge in [0, 0.05) is 0 Å². The van der Waals surface area contributed by atoms with Crippen LogP contribution in [0.3, 0.4) is 0 Å². The quantitative estimate of drug-likeness (QED) is 0.550. The van der Waals surface area contributed by atoms with Crippen LogP contribution in [0, 0.1) is 0 Å². The first kappa shape index (κ1) is 18.8. The third-order valence-corrected chi connectivity index (χ3v) is 5.12. The molecule has 0 amide bonds. The molecule has 0 saturated carbocycles. The Morgan fingerprint density at radius 2 is 1.25 bits per heavy atom. The highest BCUT2D eigenvalue weighted by molar-refractivity contribution is 5.69. The Kier molecular flexibility index (Phi) is 5.28. The van der Waals surface area contributed by atoms with E-state index in [4.69, 9.17) is 0 Å². The third kappa shape index (κ3) is 4.09. The molecular weight excluding hydrogens is 288 g/mol. The van der Waals surface area contributed by atoms with E-state index in [0.29, 0.717) is 5.92 Å². The topological polar surface area (TPSA) is 0 Å². The van der Waals surface area contributed by atoms with Crippen LogP contribution in [0.4, 0.5) is 0 Å². The van der Waals surface area contributed by atoms with Gasteiger partial charge in [-0.3, -0.25) is 0 Å². The molecule has 0 nitrogen and oxygen atoms in total. The van der Waals surface area contributed by atoms with E-state index in [2.05, 4.69) is 97.9 Å². The van der Waals surface area contributed by atoms with Gasteiger partial charge in [0.2, 0.25) is 0 Å². The zero-order chi connectivity index (χ0) is 18.1. The summed E-state index contributed by atoms with van der Waals surface area (Å²) in [5.74, 6) is 0.574. The lowest BCUT2D eigenvalue weighted by atomic mass is 9.81. The van der Waals surface area contributed by atoms with Crippen molar-refractivity contribution in [3.05, 3.63) is 59.2 Å². The van der Waals surface area contributed by atoms with Gasteiger partial charge in [0.05, 0.1) is 0 Å². The minimum Gasteiger partial charge on any atom is -0.0648 e. The molecule has 0 bridgehead atoms. The van der Waals surface area contributed by atoms with Gasteiger partial charge >= 0.3 is 0 Å². The van der Waals surface area contributed by atoms with E-state index in [1.807, 2.05) is 0 Å². The standard InChI is InChI=1S/C24H34/c1-9-17(2)22-16-20(24(6,7)8)14-15-21(22)18-10-12-19(13-11-18)23(3,4)5/h10-17H,9H2,1-8H3. The highest BCUT2D eigenvalue weighted by Crippen LogP contribution is 2.35. The van der Waals surface area contributed by atoms with Crippen molar-refractivity contribution < 1.29 is 0 Å². The van der Waals surface area contributed by atoms with E-state index >= 15 is 0 Å². The number of rotatable bonds is 3. The van der Waals surface area contributed by atoms with Crippen molar-refractivity contribution in [3.8, 4) is 11.1 Å². The summed E-state index contributed by atoms with van der Waals surface area (Å²) in [6.07, 6.45) is 1.17. The minimum atomic E-state index is 0.191. The summed E-state index contributed by atoms with van der Waals surface area (Å²) < 4.78 is 0. The van der Waals surface area contributed by atoms with Crippen molar-refractivity contribution in [2.45, 2.75) is 78.6 Å². The molecule has 0 aliphatic rings. The summed E-state index contributed by atoms with van der Waals surface area (Å²) in [4.78, 5) is 0. The fraction of sp³-hybridized carbons (Fsp3) is 0.500. The van der Waals surface area contributed by atoms with Crippen molar-refractivity contribution >= 4 is 0 Å². The molecule has 0 saturated heterocycles. The maximum atomic E-state index is 2.43. The van der Waals surface area contributed by atoms with Gasteiger partial charge in [-0.25, -0.2) is 0 Å². The van der Waals surface area contributed by atoms with Gasteiger partial charge in [0.1, 0.15) is 0 Å².